The van der Waals surface area contributed by atoms with E-state index in [4.69, 9.17) is 9.47 Å². The van der Waals surface area contributed by atoms with E-state index in [0.717, 1.165) is 28.0 Å². The number of hydrogen-bond donors (Lipinski definition) is 1. The van der Waals surface area contributed by atoms with Crippen molar-refractivity contribution in [3.8, 4) is 17.1 Å². The number of unbranched alkanes of at least 4 members (excludes halogenated alkanes) is 1. The van der Waals surface area contributed by atoms with E-state index in [9.17, 15) is 22.8 Å². The number of hydrogen-bond acceptors (Lipinski definition) is 7. The molecule has 13 heteroatoms. The summed E-state index contributed by atoms with van der Waals surface area (Å²) in [5, 5.41) is 14.4. The molecule has 1 saturated heterocycles. The van der Waals surface area contributed by atoms with Crippen LogP contribution in [0.4, 0.5) is 18.0 Å². The largest absolute Gasteiger partial charge is 0.482 e. The van der Waals surface area contributed by atoms with Gasteiger partial charge in [-0.3, -0.25) is 4.79 Å². The first-order chi connectivity index (χ1) is 20.8. The third kappa shape index (κ3) is 7.37. The second-order valence-corrected chi connectivity index (χ2v) is 11.9. The Balaban J connectivity index is 1.25. The number of carbonyl (C=O) groups is 2. The molecule has 0 atom stereocenters. The Labute approximate surface area is 253 Å². The highest BCUT2D eigenvalue weighted by Crippen LogP contribution is 2.43. The van der Waals surface area contributed by atoms with Crippen molar-refractivity contribution in [2.45, 2.75) is 70.4 Å². The molecule has 2 amide bonds. The van der Waals surface area contributed by atoms with Gasteiger partial charge in [0.05, 0.1) is 6.54 Å². The van der Waals surface area contributed by atoms with E-state index in [1.807, 2.05) is 74.6 Å². The predicted octanol–water partition coefficient (Wildman–Crippen LogP) is 5.39. The quantitative estimate of drug-likeness (QED) is 0.356. The van der Waals surface area contributed by atoms with Crippen LogP contribution < -0.4 is 10.1 Å². The fourth-order valence-electron chi connectivity index (χ4n) is 5.18. The molecule has 1 N–H and O–H groups in total. The number of benzene rings is 2. The lowest BCUT2D eigenvalue weighted by Crippen LogP contribution is -2.50. The van der Waals surface area contributed by atoms with Crippen LogP contribution >= 0.6 is 0 Å². The van der Waals surface area contributed by atoms with Gasteiger partial charge in [-0.05, 0) is 62.1 Å². The Kier molecular flexibility index (Phi) is 8.66. The maximum absolute atomic E-state index is 12.6. The average molecular weight is 613 g/mol. The molecule has 5 rings (SSSR count). The number of likely N-dealkylation sites (tertiary alicyclic amines) is 1. The highest BCUT2D eigenvalue weighted by atomic mass is 19.4. The Morgan fingerprint density at radius 1 is 1.00 bits per heavy atom. The summed E-state index contributed by atoms with van der Waals surface area (Å²) in [6.45, 7) is 6.86. The predicted molar refractivity (Wildman–Crippen MR) is 155 cm³/mol. The number of nitrogens with one attached hydrogen (secondary N) is 1. The fraction of sp³-hybridized carbons (Fsp3) is 0.452. The molecule has 2 aromatic carbocycles. The number of piperidine rings is 1. The van der Waals surface area contributed by atoms with Gasteiger partial charge >= 0.3 is 18.2 Å². The number of rotatable bonds is 7. The number of fused-ring (bicyclic) bond motifs is 1. The molecular weight excluding hydrogens is 577 g/mol. The fourth-order valence-corrected chi connectivity index (χ4v) is 5.18. The molecular formula is C31H35F3N6O4. The second kappa shape index (κ2) is 12.3. The minimum Gasteiger partial charge on any atom is -0.482 e. The number of nitrogens with zero attached hydrogens (tertiary/aromatic N) is 5. The van der Waals surface area contributed by atoms with Crippen LogP contribution in [-0.4, -0.2) is 74.1 Å². The van der Waals surface area contributed by atoms with Gasteiger partial charge in [-0.1, -0.05) is 42.5 Å². The third-order valence-electron chi connectivity index (χ3n) is 7.39. The molecule has 0 radical (unpaired) electrons. The molecule has 1 spiro atoms. The summed E-state index contributed by atoms with van der Waals surface area (Å²) < 4.78 is 48.9. The van der Waals surface area contributed by atoms with Crippen molar-refractivity contribution in [3.05, 3.63) is 65.7 Å². The first kappa shape index (κ1) is 31.0. The van der Waals surface area contributed by atoms with E-state index in [0.29, 0.717) is 51.1 Å². The number of amides is 2. The zero-order valence-corrected chi connectivity index (χ0v) is 24.9. The Bertz CT molecular complexity index is 1520. The molecule has 44 heavy (non-hydrogen) atoms. The van der Waals surface area contributed by atoms with Gasteiger partial charge in [0.25, 0.3) is 0 Å². The number of para-hydroxylation sites is 1. The number of alkyl halides is 3. The molecule has 3 aromatic rings. The lowest BCUT2D eigenvalue weighted by molar-refractivity contribution is -0.173. The van der Waals surface area contributed by atoms with Gasteiger partial charge in [0.2, 0.25) is 5.82 Å². The molecule has 0 aliphatic carbocycles. The van der Waals surface area contributed by atoms with Crippen LogP contribution in [-0.2, 0) is 16.1 Å². The lowest BCUT2D eigenvalue weighted by atomic mass is 9.83. The molecule has 1 aromatic heterocycles. The molecule has 2 aliphatic rings. The van der Waals surface area contributed by atoms with E-state index in [-0.39, 0.29) is 12.6 Å². The summed E-state index contributed by atoms with van der Waals surface area (Å²) in [5.41, 5.74) is 2.67. The smallest absolute Gasteiger partial charge is 0.471 e. The minimum absolute atomic E-state index is 0.0886. The van der Waals surface area contributed by atoms with Crippen LogP contribution in [0.25, 0.3) is 17.0 Å². The van der Waals surface area contributed by atoms with Crippen molar-refractivity contribution in [3.63, 3.8) is 0 Å². The highest BCUT2D eigenvalue weighted by molar-refractivity contribution is 5.85. The van der Waals surface area contributed by atoms with E-state index in [1.165, 1.54) is 4.80 Å². The van der Waals surface area contributed by atoms with Crippen LogP contribution in [0.1, 0.15) is 57.6 Å². The van der Waals surface area contributed by atoms with Crippen molar-refractivity contribution >= 4 is 17.6 Å². The summed E-state index contributed by atoms with van der Waals surface area (Å²) >= 11 is 0. The minimum atomic E-state index is -4.88. The SMILES string of the molecule is CC(C)(C)OC(=O)N1CCC2(C=C(c3ccc(-c4nnn(CCCCNC(=O)C(F)(F)F)n4)cc3)c3ccccc3O2)CC1. The van der Waals surface area contributed by atoms with Crippen LogP contribution in [0, 0.1) is 0 Å². The van der Waals surface area contributed by atoms with Gasteiger partial charge in [0.15, 0.2) is 0 Å². The summed E-state index contributed by atoms with van der Waals surface area (Å²) in [6.07, 6.45) is -0.960. The van der Waals surface area contributed by atoms with E-state index >= 15 is 0 Å². The Morgan fingerprint density at radius 2 is 1.68 bits per heavy atom. The summed E-state index contributed by atoms with van der Waals surface area (Å²) in [7, 11) is 0. The summed E-state index contributed by atoms with van der Waals surface area (Å²) in [5.74, 6) is -0.725. The van der Waals surface area contributed by atoms with Crippen LogP contribution in [0.2, 0.25) is 0 Å². The zero-order chi connectivity index (χ0) is 31.5. The Morgan fingerprint density at radius 3 is 2.36 bits per heavy atom. The highest BCUT2D eigenvalue weighted by Gasteiger charge is 2.41. The topological polar surface area (TPSA) is 111 Å². The monoisotopic (exact) mass is 612 g/mol. The summed E-state index contributed by atoms with van der Waals surface area (Å²) in [4.78, 5) is 26.6. The second-order valence-electron chi connectivity index (χ2n) is 11.9. The van der Waals surface area contributed by atoms with E-state index < -0.39 is 23.3 Å². The van der Waals surface area contributed by atoms with Gasteiger partial charge < -0.3 is 19.7 Å². The Hall–Kier alpha value is -4.42. The van der Waals surface area contributed by atoms with Crippen molar-refractivity contribution in [1.29, 1.82) is 0 Å². The standard InChI is InChI=1S/C31H35F3N6O4/c1-29(2,3)44-28(42)39-18-14-30(15-19-39)20-24(23-8-4-5-9-25(23)43-30)21-10-12-22(13-11-21)26-36-38-40(37-26)17-7-6-16-35-27(41)31(32,33)34/h4-5,8-13,20H,6-7,14-19H2,1-3H3,(H,35,41). The van der Waals surface area contributed by atoms with Gasteiger partial charge in [-0.2, -0.15) is 18.0 Å². The van der Waals surface area contributed by atoms with E-state index in [1.54, 1.807) is 4.90 Å². The third-order valence-corrected chi connectivity index (χ3v) is 7.39. The van der Waals surface area contributed by atoms with Gasteiger partial charge in [0, 0.05) is 43.6 Å². The van der Waals surface area contributed by atoms with Crippen LogP contribution in [0.3, 0.4) is 0 Å². The molecule has 10 nitrogen and oxygen atoms in total. The molecule has 2 aliphatic heterocycles. The van der Waals surface area contributed by atoms with Crippen LogP contribution in [0.15, 0.2) is 54.6 Å². The number of aromatic nitrogens is 4. The molecule has 0 unspecified atom stereocenters. The van der Waals surface area contributed by atoms with E-state index in [2.05, 4.69) is 21.5 Å². The number of carbonyl (C=O) groups excluding carboxylic acids is 2. The molecule has 0 saturated carbocycles. The average Bonchev–Trinajstić information content (AvgIpc) is 3.44. The molecule has 3 heterocycles. The van der Waals surface area contributed by atoms with Crippen molar-refractivity contribution in [2.75, 3.05) is 19.6 Å². The zero-order valence-electron chi connectivity index (χ0n) is 24.9. The maximum Gasteiger partial charge on any atom is 0.471 e. The van der Waals surface area contributed by atoms with Crippen molar-refractivity contribution in [1.82, 2.24) is 30.4 Å². The number of aryl methyl sites for hydroxylation is 1. The first-order valence-corrected chi connectivity index (χ1v) is 14.5. The molecule has 234 valence electrons. The maximum atomic E-state index is 12.6. The number of ether oxygens (including phenoxy) is 2. The number of tetrazole rings is 1. The van der Waals surface area contributed by atoms with Crippen molar-refractivity contribution < 1.29 is 32.2 Å². The van der Waals surface area contributed by atoms with Gasteiger partial charge in [-0.25, -0.2) is 4.79 Å². The first-order valence-electron chi connectivity index (χ1n) is 14.5. The van der Waals surface area contributed by atoms with Gasteiger partial charge in [0.1, 0.15) is 17.0 Å². The van der Waals surface area contributed by atoms with Gasteiger partial charge in [-0.15, -0.1) is 10.2 Å². The summed E-state index contributed by atoms with van der Waals surface area (Å²) in [6, 6.07) is 15.7. The van der Waals surface area contributed by atoms with Crippen molar-refractivity contribution in [2.24, 2.45) is 0 Å². The van der Waals surface area contributed by atoms with Crippen LogP contribution in [0.5, 0.6) is 5.75 Å². The molecule has 1 fully saturated rings. The molecule has 0 bridgehead atoms. The lowest BCUT2D eigenvalue weighted by Gasteiger charge is -2.43. The number of halogens is 3. The normalized spacial score (nSPS) is 16.1.